The Morgan fingerprint density at radius 1 is 1.11 bits per heavy atom. The predicted octanol–water partition coefficient (Wildman–Crippen LogP) is 3.53. The highest BCUT2D eigenvalue weighted by atomic mass is 32.2. The molecule has 2 nitrogen and oxygen atoms in total. The number of hydrogen-bond acceptors (Lipinski definition) is 3. The summed E-state index contributed by atoms with van der Waals surface area (Å²) in [7, 11) is 2.03. The highest BCUT2D eigenvalue weighted by Crippen LogP contribution is 2.42. The molecule has 3 rings (SSSR count). The highest BCUT2D eigenvalue weighted by Gasteiger charge is 2.24. The minimum atomic E-state index is -0.548. The lowest BCUT2D eigenvalue weighted by Crippen LogP contribution is -2.07. The molecule has 92 valence electrons. The number of hydrogen-bond donors (Lipinski definition) is 1. The van der Waals surface area contributed by atoms with Crippen molar-refractivity contribution in [3.63, 3.8) is 0 Å². The predicted molar refractivity (Wildman–Crippen MR) is 75.9 cm³/mol. The molecule has 0 radical (unpaired) electrons. The average molecular weight is 257 g/mol. The van der Waals surface area contributed by atoms with Gasteiger partial charge in [0.1, 0.15) is 6.10 Å². The van der Waals surface area contributed by atoms with E-state index in [1.54, 1.807) is 11.9 Å². The second-order valence-electron chi connectivity index (χ2n) is 4.59. The lowest BCUT2D eigenvalue weighted by molar-refractivity contribution is 0.218. The summed E-state index contributed by atoms with van der Waals surface area (Å²) in [4.78, 5) is 1.12. The van der Waals surface area contributed by atoms with Crippen LogP contribution in [0.5, 0.6) is 0 Å². The molecule has 2 aromatic carbocycles. The molecular weight excluding hydrogens is 242 g/mol. The van der Waals surface area contributed by atoms with Crippen LogP contribution in [0.4, 0.5) is 5.69 Å². The minimum absolute atomic E-state index is 0.548. The van der Waals surface area contributed by atoms with Crippen molar-refractivity contribution < 1.29 is 5.11 Å². The first kappa shape index (κ1) is 11.6. The Labute approximate surface area is 111 Å². The fourth-order valence-electron chi connectivity index (χ4n) is 2.33. The number of nitrogens with zero attached hydrogens (tertiary/aromatic N) is 1. The number of aliphatic hydroxyl groups is 1. The summed E-state index contributed by atoms with van der Waals surface area (Å²) < 4.78 is 2.11. The zero-order valence-electron chi connectivity index (χ0n) is 10.4. The van der Waals surface area contributed by atoms with E-state index in [0.717, 1.165) is 21.7 Å². The Balaban J connectivity index is 2.22. The lowest BCUT2D eigenvalue weighted by Gasteiger charge is -2.18. The normalized spacial score (nSPS) is 17.9. The summed E-state index contributed by atoms with van der Waals surface area (Å²) in [6.45, 7) is 2.05. The van der Waals surface area contributed by atoms with Crippen molar-refractivity contribution in [3.8, 4) is 0 Å². The minimum Gasteiger partial charge on any atom is -0.384 e. The Hall–Kier alpha value is -1.45. The van der Waals surface area contributed by atoms with Crippen molar-refractivity contribution in [2.45, 2.75) is 17.9 Å². The smallest absolute Gasteiger partial charge is 0.107 e. The highest BCUT2D eigenvalue weighted by molar-refractivity contribution is 8.00. The number of para-hydroxylation sites is 1. The maximum absolute atomic E-state index is 10.6. The summed E-state index contributed by atoms with van der Waals surface area (Å²) in [6.07, 6.45) is -0.548. The van der Waals surface area contributed by atoms with Crippen LogP contribution in [0.2, 0.25) is 0 Å². The van der Waals surface area contributed by atoms with E-state index < -0.39 is 6.10 Å². The van der Waals surface area contributed by atoms with E-state index in [-0.39, 0.29) is 0 Å². The number of fused-ring (bicyclic) bond motifs is 2. The molecule has 1 aliphatic heterocycles. The number of benzene rings is 2. The van der Waals surface area contributed by atoms with E-state index >= 15 is 0 Å². The number of rotatable bonds is 0. The molecule has 0 saturated carbocycles. The molecule has 0 aromatic heterocycles. The van der Waals surface area contributed by atoms with E-state index in [1.165, 1.54) is 5.56 Å². The zero-order chi connectivity index (χ0) is 12.7. The van der Waals surface area contributed by atoms with Gasteiger partial charge in [0.15, 0.2) is 0 Å². The molecule has 1 unspecified atom stereocenters. The maximum atomic E-state index is 10.6. The standard InChI is InChI=1S/C15H15NOS/c1-10-7-8-14-12(9-10)15(17)11-5-3-4-6-13(11)16(2)18-14/h3-9,15,17H,1-2H3. The van der Waals surface area contributed by atoms with Crippen molar-refractivity contribution in [1.82, 2.24) is 0 Å². The second-order valence-corrected chi connectivity index (χ2v) is 5.76. The molecule has 1 atom stereocenters. The first-order valence-corrected chi connectivity index (χ1v) is 6.73. The summed E-state index contributed by atoms with van der Waals surface area (Å²) in [6, 6.07) is 14.3. The lowest BCUT2D eigenvalue weighted by atomic mass is 9.98. The first-order valence-electron chi connectivity index (χ1n) is 5.96. The van der Waals surface area contributed by atoms with Gasteiger partial charge in [-0.05, 0) is 31.0 Å². The average Bonchev–Trinajstić information content (AvgIpc) is 2.48. The van der Waals surface area contributed by atoms with Crippen LogP contribution >= 0.6 is 11.9 Å². The molecule has 0 fully saturated rings. The fourth-order valence-corrected chi connectivity index (χ4v) is 3.30. The van der Waals surface area contributed by atoms with Gasteiger partial charge in [0.05, 0.1) is 5.69 Å². The molecule has 0 aliphatic carbocycles. The van der Waals surface area contributed by atoms with E-state index in [2.05, 4.69) is 29.4 Å². The summed E-state index contributed by atoms with van der Waals surface area (Å²) in [5.41, 5.74) is 4.22. The van der Waals surface area contributed by atoms with Crippen LogP contribution in [0.25, 0.3) is 0 Å². The quantitative estimate of drug-likeness (QED) is 0.730. The van der Waals surface area contributed by atoms with Crippen LogP contribution in [-0.4, -0.2) is 12.2 Å². The molecule has 3 heteroatoms. The van der Waals surface area contributed by atoms with Crippen LogP contribution in [-0.2, 0) is 0 Å². The SMILES string of the molecule is Cc1ccc2c(c1)C(O)c1ccccc1N(C)S2. The Morgan fingerprint density at radius 3 is 2.72 bits per heavy atom. The van der Waals surface area contributed by atoms with Gasteiger partial charge in [0.2, 0.25) is 0 Å². The largest absolute Gasteiger partial charge is 0.384 e. The number of aliphatic hydroxyl groups excluding tert-OH is 1. The third kappa shape index (κ3) is 1.80. The van der Waals surface area contributed by atoms with Crippen LogP contribution < -0.4 is 4.31 Å². The Bertz CT molecular complexity index is 597. The molecule has 2 aromatic rings. The zero-order valence-corrected chi connectivity index (χ0v) is 11.2. The molecule has 18 heavy (non-hydrogen) atoms. The number of aryl methyl sites for hydroxylation is 1. The van der Waals surface area contributed by atoms with Crippen LogP contribution in [0.3, 0.4) is 0 Å². The van der Waals surface area contributed by atoms with Gasteiger partial charge in [-0.3, -0.25) is 0 Å². The Kier molecular flexibility index (Phi) is 2.80. The fraction of sp³-hybridized carbons (Fsp3) is 0.200. The van der Waals surface area contributed by atoms with Gasteiger partial charge in [-0.2, -0.15) is 0 Å². The van der Waals surface area contributed by atoms with E-state index in [0.29, 0.717) is 0 Å². The van der Waals surface area contributed by atoms with Crippen molar-refractivity contribution in [3.05, 3.63) is 59.2 Å². The molecule has 1 N–H and O–H groups in total. The molecule has 0 saturated heterocycles. The van der Waals surface area contributed by atoms with E-state index in [1.807, 2.05) is 31.3 Å². The molecule has 0 spiro atoms. The molecule has 0 bridgehead atoms. The van der Waals surface area contributed by atoms with E-state index in [4.69, 9.17) is 0 Å². The monoisotopic (exact) mass is 257 g/mol. The van der Waals surface area contributed by atoms with Crippen molar-refractivity contribution in [1.29, 1.82) is 0 Å². The summed E-state index contributed by atoms with van der Waals surface area (Å²) in [5.74, 6) is 0. The van der Waals surface area contributed by atoms with Gasteiger partial charge in [-0.1, -0.05) is 35.9 Å². The van der Waals surface area contributed by atoms with Crippen LogP contribution in [0, 0.1) is 6.92 Å². The van der Waals surface area contributed by atoms with Gasteiger partial charge in [0.25, 0.3) is 0 Å². The van der Waals surface area contributed by atoms with Crippen molar-refractivity contribution in [2.75, 3.05) is 11.4 Å². The molecule has 1 heterocycles. The van der Waals surface area contributed by atoms with Gasteiger partial charge >= 0.3 is 0 Å². The molecule has 0 amide bonds. The van der Waals surface area contributed by atoms with E-state index in [9.17, 15) is 5.11 Å². The second kappa shape index (κ2) is 4.34. The summed E-state index contributed by atoms with van der Waals surface area (Å²) in [5, 5.41) is 10.6. The van der Waals surface area contributed by atoms with Gasteiger partial charge in [-0.15, -0.1) is 0 Å². The van der Waals surface area contributed by atoms with Crippen LogP contribution in [0.1, 0.15) is 22.8 Å². The topological polar surface area (TPSA) is 23.5 Å². The van der Waals surface area contributed by atoms with Gasteiger partial charge in [-0.25, -0.2) is 0 Å². The number of anilines is 1. The summed E-state index contributed by atoms with van der Waals surface area (Å²) >= 11 is 1.66. The molecular formula is C15H15NOS. The third-order valence-corrected chi connectivity index (χ3v) is 4.30. The first-order chi connectivity index (χ1) is 8.66. The molecule has 1 aliphatic rings. The maximum Gasteiger partial charge on any atom is 0.107 e. The van der Waals surface area contributed by atoms with Crippen molar-refractivity contribution in [2.24, 2.45) is 0 Å². The third-order valence-electron chi connectivity index (χ3n) is 3.27. The van der Waals surface area contributed by atoms with Crippen LogP contribution in [0.15, 0.2) is 47.4 Å². The van der Waals surface area contributed by atoms with Crippen molar-refractivity contribution >= 4 is 17.6 Å². The van der Waals surface area contributed by atoms with Gasteiger partial charge in [0, 0.05) is 23.1 Å². The Morgan fingerprint density at radius 2 is 1.89 bits per heavy atom. The van der Waals surface area contributed by atoms with Gasteiger partial charge < -0.3 is 9.41 Å².